The molecular formula is C42H42Cl4N4O2S. The monoisotopic (exact) mass is 806 g/mol. The first-order valence-electron chi connectivity index (χ1n) is 17.5. The van der Waals surface area contributed by atoms with Crippen LogP contribution in [0.15, 0.2) is 108 Å². The molecule has 2 heterocycles. The van der Waals surface area contributed by atoms with Gasteiger partial charge in [0.15, 0.2) is 0 Å². The standard InChI is InChI=1S/C42H42Cl4N4O2S/c1-27(13-17-49-19-15-47-25-49)41-31(21-29-5-7-33(43)35(45)23-29)37(51-3)9-11-39(41)53-40-12-10-38(52-4)32(22-30-6-8-34(44)36(46)24-30)42(40)28(2)14-18-50-20-16-48-26-50/h5-12,15-16,19-20,23-28H,13-14,17-18,21-22H2,1-4H3. The van der Waals surface area contributed by atoms with E-state index in [0.717, 1.165) is 59.7 Å². The summed E-state index contributed by atoms with van der Waals surface area (Å²) in [6, 6.07) is 20.3. The molecule has 0 aliphatic carbocycles. The molecule has 53 heavy (non-hydrogen) atoms. The Bertz CT molecular complexity index is 1990. The van der Waals surface area contributed by atoms with Crippen molar-refractivity contribution < 1.29 is 9.47 Å². The van der Waals surface area contributed by atoms with Gasteiger partial charge in [-0.05, 0) is 95.5 Å². The molecule has 0 aliphatic rings. The van der Waals surface area contributed by atoms with Gasteiger partial charge in [-0.2, -0.15) is 0 Å². The van der Waals surface area contributed by atoms with Gasteiger partial charge in [-0.3, -0.25) is 0 Å². The quantitative estimate of drug-likeness (QED) is 0.0975. The Kier molecular flexibility index (Phi) is 13.4. The van der Waals surface area contributed by atoms with Gasteiger partial charge < -0.3 is 18.6 Å². The number of hydrogen-bond donors (Lipinski definition) is 0. The van der Waals surface area contributed by atoms with Crippen LogP contribution in [0.4, 0.5) is 0 Å². The van der Waals surface area contributed by atoms with Gasteiger partial charge in [0.2, 0.25) is 0 Å². The summed E-state index contributed by atoms with van der Waals surface area (Å²) in [5.41, 5.74) is 6.88. The molecule has 2 atom stereocenters. The maximum atomic E-state index is 6.52. The summed E-state index contributed by atoms with van der Waals surface area (Å²) in [5, 5.41) is 2.13. The van der Waals surface area contributed by atoms with Crippen LogP contribution in [-0.4, -0.2) is 33.3 Å². The minimum Gasteiger partial charge on any atom is -0.496 e. The highest BCUT2D eigenvalue weighted by Gasteiger charge is 2.25. The van der Waals surface area contributed by atoms with Crippen molar-refractivity contribution in [3.05, 3.63) is 152 Å². The predicted molar refractivity (Wildman–Crippen MR) is 219 cm³/mol. The molecule has 0 saturated heterocycles. The van der Waals surface area contributed by atoms with E-state index in [-0.39, 0.29) is 11.8 Å². The van der Waals surface area contributed by atoms with Crippen LogP contribution >= 0.6 is 58.2 Å². The molecule has 0 aliphatic heterocycles. The van der Waals surface area contributed by atoms with Crippen LogP contribution in [0.1, 0.15) is 71.9 Å². The summed E-state index contributed by atoms with van der Waals surface area (Å²) >= 11 is 27.5. The second-order valence-electron chi connectivity index (χ2n) is 13.2. The Balaban J connectivity index is 1.47. The average molecular weight is 809 g/mol. The molecule has 0 spiro atoms. The van der Waals surface area contributed by atoms with Crippen LogP contribution in [0.5, 0.6) is 11.5 Å². The van der Waals surface area contributed by atoms with E-state index in [9.17, 15) is 0 Å². The molecule has 2 aromatic heterocycles. The van der Waals surface area contributed by atoms with E-state index in [1.54, 1.807) is 26.0 Å². The Morgan fingerprint density at radius 2 is 1.04 bits per heavy atom. The van der Waals surface area contributed by atoms with E-state index >= 15 is 0 Å². The Morgan fingerprint density at radius 3 is 1.40 bits per heavy atom. The summed E-state index contributed by atoms with van der Waals surface area (Å²) in [4.78, 5) is 10.9. The largest absolute Gasteiger partial charge is 0.496 e. The van der Waals surface area contributed by atoms with Gasteiger partial charge >= 0.3 is 0 Å². The second-order valence-corrected chi connectivity index (χ2v) is 16.0. The summed E-state index contributed by atoms with van der Waals surface area (Å²) in [6.07, 6.45) is 14.5. The minimum absolute atomic E-state index is 0.184. The van der Waals surface area contributed by atoms with Gasteiger partial charge in [0, 0.05) is 71.6 Å². The van der Waals surface area contributed by atoms with Crippen molar-refractivity contribution in [2.45, 2.75) is 74.2 Å². The van der Waals surface area contributed by atoms with Crippen LogP contribution < -0.4 is 9.47 Å². The summed E-state index contributed by atoms with van der Waals surface area (Å²) < 4.78 is 16.4. The average Bonchev–Trinajstić information content (AvgIpc) is 3.88. The van der Waals surface area contributed by atoms with E-state index in [0.29, 0.717) is 32.9 Å². The van der Waals surface area contributed by atoms with Crippen molar-refractivity contribution in [2.75, 3.05) is 14.2 Å². The number of halogens is 4. The van der Waals surface area contributed by atoms with Crippen molar-refractivity contribution in [1.82, 2.24) is 19.1 Å². The van der Waals surface area contributed by atoms with E-state index in [1.807, 2.05) is 73.8 Å². The van der Waals surface area contributed by atoms with Crippen molar-refractivity contribution in [2.24, 2.45) is 0 Å². The van der Waals surface area contributed by atoms with Crippen molar-refractivity contribution in [3.63, 3.8) is 0 Å². The number of nitrogens with zero attached hydrogens (tertiary/aromatic N) is 4. The van der Waals surface area contributed by atoms with Crippen molar-refractivity contribution >= 4 is 58.2 Å². The molecule has 6 rings (SSSR count). The molecule has 0 amide bonds. The fourth-order valence-electron chi connectivity index (χ4n) is 6.89. The zero-order valence-electron chi connectivity index (χ0n) is 30.2. The summed E-state index contributed by atoms with van der Waals surface area (Å²) in [5.74, 6) is 2.05. The smallest absolute Gasteiger partial charge is 0.122 e. The lowest BCUT2D eigenvalue weighted by Crippen LogP contribution is -2.10. The fourth-order valence-corrected chi connectivity index (χ4v) is 8.91. The number of benzene rings is 4. The first-order chi connectivity index (χ1) is 25.6. The van der Waals surface area contributed by atoms with Gasteiger partial charge in [0.05, 0.1) is 47.0 Å². The maximum Gasteiger partial charge on any atom is 0.122 e. The van der Waals surface area contributed by atoms with Gasteiger partial charge in [-0.1, -0.05) is 84.1 Å². The zero-order chi connectivity index (χ0) is 37.5. The van der Waals surface area contributed by atoms with Crippen LogP contribution in [0, 0.1) is 0 Å². The molecule has 0 saturated carbocycles. The first kappa shape index (κ1) is 39.1. The highest BCUT2D eigenvalue weighted by molar-refractivity contribution is 7.99. The normalized spacial score (nSPS) is 12.5. The van der Waals surface area contributed by atoms with Crippen LogP contribution in [0.3, 0.4) is 0 Å². The van der Waals surface area contributed by atoms with E-state index in [2.05, 4.69) is 57.2 Å². The number of ether oxygens (including phenoxy) is 2. The molecule has 2 unspecified atom stereocenters. The molecule has 0 N–H and O–H groups in total. The number of methoxy groups -OCH3 is 2. The zero-order valence-corrected chi connectivity index (χ0v) is 34.0. The Labute approximate surface area is 336 Å². The fraction of sp³-hybridized carbons (Fsp3) is 0.286. The molecule has 4 aromatic carbocycles. The van der Waals surface area contributed by atoms with Crippen molar-refractivity contribution in [1.29, 1.82) is 0 Å². The minimum atomic E-state index is 0.184. The third-order valence-electron chi connectivity index (χ3n) is 9.68. The van der Waals surface area contributed by atoms with Gasteiger partial charge in [0.25, 0.3) is 0 Å². The third-order valence-corrected chi connectivity index (χ3v) is 12.3. The third kappa shape index (κ3) is 9.56. The lowest BCUT2D eigenvalue weighted by molar-refractivity contribution is 0.408. The molecule has 0 radical (unpaired) electrons. The van der Waals surface area contributed by atoms with Gasteiger partial charge in [0.1, 0.15) is 11.5 Å². The van der Waals surface area contributed by atoms with Gasteiger partial charge in [-0.15, -0.1) is 0 Å². The topological polar surface area (TPSA) is 54.1 Å². The molecule has 0 fully saturated rings. The number of hydrogen-bond acceptors (Lipinski definition) is 5. The molecule has 6 nitrogen and oxygen atoms in total. The van der Waals surface area contributed by atoms with E-state index < -0.39 is 0 Å². The maximum absolute atomic E-state index is 6.52. The molecule has 0 bridgehead atoms. The number of rotatable bonds is 16. The second kappa shape index (κ2) is 18.2. The van der Waals surface area contributed by atoms with E-state index in [1.165, 1.54) is 20.9 Å². The molecule has 11 heteroatoms. The molecule has 6 aromatic rings. The summed E-state index contributed by atoms with van der Waals surface area (Å²) in [7, 11) is 3.47. The van der Waals surface area contributed by atoms with E-state index in [4.69, 9.17) is 55.9 Å². The highest BCUT2D eigenvalue weighted by atomic mass is 35.5. The first-order valence-corrected chi connectivity index (χ1v) is 19.8. The molecule has 276 valence electrons. The number of aryl methyl sites for hydroxylation is 2. The Hall–Kier alpha value is -3.59. The number of aromatic nitrogens is 4. The van der Waals surface area contributed by atoms with Crippen LogP contribution in [0.25, 0.3) is 0 Å². The molecular weight excluding hydrogens is 766 g/mol. The predicted octanol–water partition coefficient (Wildman–Crippen LogP) is 12.4. The van der Waals surface area contributed by atoms with Crippen molar-refractivity contribution in [3.8, 4) is 11.5 Å². The number of imidazole rings is 2. The van der Waals surface area contributed by atoms with Crippen LogP contribution in [0.2, 0.25) is 20.1 Å². The Morgan fingerprint density at radius 1 is 0.604 bits per heavy atom. The highest BCUT2D eigenvalue weighted by Crippen LogP contribution is 2.46. The SMILES string of the molecule is COc1ccc(Sc2ccc(OC)c(Cc3ccc(Cl)c(Cl)c3)c2C(C)CCn2ccnc2)c(C(C)CCn2ccnc2)c1Cc1ccc(Cl)c(Cl)c1. The lowest BCUT2D eigenvalue weighted by atomic mass is 9.89. The summed E-state index contributed by atoms with van der Waals surface area (Å²) in [6.45, 7) is 6.27. The van der Waals surface area contributed by atoms with Gasteiger partial charge in [-0.25, -0.2) is 9.97 Å². The lowest BCUT2D eigenvalue weighted by Gasteiger charge is -2.26. The van der Waals surface area contributed by atoms with Crippen LogP contribution in [-0.2, 0) is 25.9 Å².